The SMILES string of the molecule is CC(=O)C(C(=O)c1c[nH]c2ncccc12)c1ccc[c-]c1C.[Y]. The molecule has 23 heavy (non-hydrogen) atoms. The Hall–Kier alpha value is -1.65. The number of nitrogens with one attached hydrogen (secondary N) is 1. The molecule has 1 atom stereocenters. The first-order valence-corrected chi connectivity index (χ1v) is 7.03. The van der Waals surface area contributed by atoms with E-state index in [1.807, 2.05) is 19.1 Å². The molecule has 1 aromatic carbocycles. The van der Waals surface area contributed by atoms with Crippen molar-refractivity contribution in [3.05, 3.63) is 65.5 Å². The number of nitrogens with zero attached hydrogens (tertiary/aromatic N) is 1. The fraction of sp³-hybridized carbons (Fsp3) is 0.167. The van der Waals surface area contributed by atoms with Gasteiger partial charge in [0.2, 0.25) is 0 Å². The molecule has 3 rings (SSSR count). The van der Waals surface area contributed by atoms with E-state index >= 15 is 0 Å². The van der Waals surface area contributed by atoms with Crippen LogP contribution < -0.4 is 0 Å². The number of hydrogen-bond acceptors (Lipinski definition) is 3. The second kappa shape index (κ2) is 7.28. The Morgan fingerprint density at radius 3 is 2.74 bits per heavy atom. The van der Waals surface area contributed by atoms with E-state index in [0.717, 1.165) is 10.9 Å². The number of benzene rings is 1. The van der Waals surface area contributed by atoms with Crippen LogP contribution in [0.5, 0.6) is 0 Å². The van der Waals surface area contributed by atoms with Gasteiger partial charge < -0.3 is 9.78 Å². The third-order valence-corrected chi connectivity index (χ3v) is 3.80. The van der Waals surface area contributed by atoms with Gasteiger partial charge >= 0.3 is 0 Å². The minimum Gasteiger partial charge on any atom is -0.345 e. The van der Waals surface area contributed by atoms with E-state index in [0.29, 0.717) is 16.8 Å². The van der Waals surface area contributed by atoms with Gasteiger partial charge in [-0.3, -0.25) is 4.79 Å². The molecule has 4 nitrogen and oxygen atoms in total. The van der Waals surface area contributed by atoms with Crippen LogP contribution in [0.2, 0.25) is 0 Å². The molecule has 0 saturated heterocycles. The van der Waals surface area contributed by atoms with Crippen LogP contribution in [0.15, 0.2) is 42.7 Å². The molecule has 113 valence electrons. The average Bonchev–Trinajstić information content (AvgIpc) is 2.93. The Labute approximate surface area is 159 Å². The zero-order valence-electron chi connectivity index (χ0n) is 13.0. The Bertz CT molecular complexity index is 870. The van der Waals surface area contributed by atoms with Gasteiger partial charge in [-0.25, -0.2) is 4.98 Å². The third kappa shape index (κ3) is 3.33. The van der Waals surface area contributed by atoms with Crippen molar-refractivity contribution in [3.63, 3.8) is 0 Å². The van der Waals surface area contributed by atoms with Gasteiger partial charge in [-0.2, -0.15) is 29.8 Å². The summed E-state index contributed by atoms with van der Waals surface area (Å²) in [5.74, 6) is -1.20. The monoisotopic (exact) mass is 380 g/mol. The van der Waals surface area contributed by atoms with Crippen LogP contribution in [0.25, 0.3) is 11.0 Å². The van der Waals surface area contributed by atoms with Gasteiger partial charge in [-0.15, -0.1) is 5.56 Å². The van der Waals surface area contributed by atoms with Crippen molar-refractivity contribution < 1.29 is 42.3 Å². The number of H-pyrrole nitrogens is 1. The number of aryl methyl sites for hydroxylation is 1. The zero-order valence-corrected chi connectivity index (χ0v) is 15.8. The van der Waals surface area contributed by atoms with Gasteiger partial charge in [0.1, 0.15) is 11.4 Å². The quantitative estimate of drug-likeness (QED) is 0.430. The van der Waals surface area contributed by atoms with Crippen molar-refractivity contribution in [2.45, 2.75) is 19.8 Å². The van der Waals surface area contributed by atoms with Crippen LogP contribution in [-0.4, -0.2) is 21.5 Å². The van der Waals surface area contributed by atoms with Gasteiger partial charge in [-0.05, 0) is 19.1 Å². The van der Waals surface area contributed by atoms with Crippen LogP contribution in [0, 0.1) is 13.0 Å². The van der Waals surface area contributed by atoms with Crippen LogP contribution in [0.4, 0.5) is 0 Å². The summed E-state index contributed by atoms with van der Waals surface area (Å²) in [6.07, 6.45) is 3.28. The van der Waals surface area contributed by atoms with Gasteiger partial charge in [0.15, 0.2) is 5.78 Å². The van der Waals surface area contributed by atoms with Gasteiger partial charge in [0.05, 0.1) is 5.92 Å². The van der Waals surface area contributed by atoms with E-state index in [1.165, 1.54) is 6.92 Å². The number of aromatic nitrogens is 2. The van der Waals surface area contributed by atoms with Gasteiger partial charge in [0.25, 0.3) is 0 Å². The van der Waals surface area contributed by atoms with E-state index < -0.39 is 5.92 Å². The fourth-order valence-corrected chi connectivity index (χ4v) is 2.71. The molecule has 5 heteroatoms. The summed E-state index contributed by atoms with van der Waals surface area (Å²) in [5.41, 5.74) is 2.66. The molecular formula is C18H15N2O2Y-. The van der Waals surface area contributed by atoms with Gasteiger partial charge in [0, 0.05) is 56.1 Å². The zero-order chi connectivity index (χ0) is 15.7. The van der Waals surface area contributed by atoms with E-state index in [4.69, 9.17) is 0 Å². The summed E-state index contributed by atoms with van der Waals surface area (Å²) in [4.78, 5) is 32.2. The average molecular weight is 380 g/mol. The molecule has 0 spiro atoms. The second-order valence-electron chi connectivity index (χ2n) is 5.26. The number of rotatable bonds is 4. The van der Waals surface area contributed by atoms with Crippen LogP contribution in [0.3, 0.4) is 0 Å². The molecule has 0 aliphatic heterocycles. The Morgan fingerprint density at radius 1 is 1.26 bits per heavy atom. The molecule has 0 saturated carbocycles. The van der Waals surface area contributed by atoms with Crippen molar-refractivity contribution in [1.29, 1.82) is 0 Å². The Balaban J connectivity index is 0.00000192. The minimum atomic E-state index is -0.809. The Morgan fingerprint density at radius 2 is 2.04 bits per heavy atom. The number of ketones is 2. The minimum absolute atomic E-state index is 0. The Kier molecular flexibility index (Phi) is 5.61. The number of aromatic amines is 1. The number of carbonyl (C=O) groups excluding carboxylic acids is 2. The van der Waals surface area contributed by atoms with Gasteiger partial charge in [-0.1, -0.05) is 6.92 Å². The number of hydrogen-bond donors (Lipinski definition) is 1. The predicted molar refractivity (Wildman–Crippen MR) is 83.9 cm³/mol. The molecule has 3 aromatic rings. The van der Waals surface area contributed by atoms with Crippen molar-refractivity contribution in [2.75, 3.05) is 0 Å². The molecule has 1 radical (unpaired) electrons. The molecule has 0 aliphatic carbocycles. The van der Waals surface area contributed by atoms with Crippen molar-refractivity contribution in [1.82, 2.24) is 9.97 Å². The van der Waals surface area contributed by atoms with Crippen LogP contribution in [-0.2, 0) is 37.5 Å². The molecular weight excluding hydrogens is 365 g/mol. The van der Waals surface area contributed by atoms with Crippen molar-refractivity contribution >= 4 is 22.6 Å². The van der Waals surface area contributed by atoms with Crippen molar-refractivity contribution in [2.24, 2.45) is 0 Å². The number of carbonyl (C=O) groups is 2. The maximum atomic E-state index is 12.9. The molecule has 0 amide bonds. The maximum Gasteiger partial charge on any atom is 0.168 e. The maximum absolute atomic E-state index is 12.9. The summed E-state index contributed by atoms with van der Waals surface area (Å²) in [6, 6.07) is 12.0. The fourth-order valence-electron chi connectivity index (χ4n) is 2.71. The molecule has 0 bridgehead atoms. The smallest absolute Gasteiger partial charge is 0.168 e. The topological polar surface area (TPSA) is 62.8 Å². The number of fused-ring (bicyclic) bond motifs is 1. The first-order valence-electron chi connectivity index (χ1n) is 7.03. The first kappa shape index (κ1) is 17.7. The summed E-state index contributed by atoms with van der Waals surface area (Å²) < 4.78 is 0. The predicted octanol–water partition coefficient (Wildman–Crippen LogP) is 3.22. The molecule has 0 aliphatic rings. The van der Waals surface area contributed by atoms with E-state index in [-0.39, 0.29) is 44.3 Å². The van der Waals surface area contributed by atoms with Crippen molar-refractivity contribution in [3.8, 4) is 0 Å². The molecule has 1 N–H and O–H groups in total. The standard InChI is InChI=1S/C18H15N2O2.Y/c1-11-6-3-4-7-13(11)16(12(2)21)17(22)15-10-20-18-14(15)8-5-9-19-18;/h3-5,7-10,16H,1-2H3,(H,19,20);/q-1;. The largest absolute Gasteiger partial charge is 0.345 e. The second-order valence-corrected chi connectivity index (χ2v) is 5.26. The van der Waals surface area contributed by atoms with E-state index in [1.54, 1.807) is 30.6 Å². The normalized spacial score (nSPS) is 11.7. The molecule has 1 unspecified atom stereocenters. The molecule has 2 aromatic heterocycles. The van der Waals surface area contributed by atoms with Crippen LogP contribution in [0.1, 0.15) is 34.3 Å². The molecule has 2 heterocycles. The van der Waals surface area contributed by atoms with E-state index in [2.05, 4.69) is 16.0 Å². The molecule has 0 fully saturated rings. The first-order chi connectivity index (χ1) is 10.6. The third-order valence-electron chi connectivity index (χ3n) is 3.80. The summed E-state index contributed by atoms with van der Waals surface area (Å²) >= 11 is 0. The van der Waals surface area contributed by atoms with Crippen LogP contribution >= 0.6 is 0 Å². The summed E-state index contributed by atoms with van der Waals surface area (Å²) in [5, 5.41) is 0.733. The number of pyridine rings is 1. The summed E-state index contributed by atoms with van der Waals surface area (Å²) in [7, 11) is 0. The summed E-state index contributed by atoms with van der Waals surface area (Å²) in [6.45, 7) is 3.30. The van der Waals surface area contributed by atoms with E-state index in [9.17, 15) is 9.59 Å². The number of Topliss-reactive ketones (excluding diaryl/α,β-unsaturated/α-hetero) is 2.